The molecule has 1 aromatic rings. The molecule has 0 amide bonds. The molecule has 0 aromatic heterocycles. The molecular formula is C14H20BrNO. The molecule has 0 radical (unpaired) electrons. The highest BCUT2D eigenvalue weighted by molar-refractivity contribution is 9.10. The van der Waals surface area contributed by atoms with E-state index < -0.39 is 0 Å². The van der Waals surface area contributed by atoms with E-state index in [-0.39, 0.29) is 0 Å². The Morgan fingerprint density at radius 2 is 2.24 bits per heavy atom. The number of aryl methyl sites for hydroxylation is 1. The highest BCUT2D eigenvalue weighted by Crippen LogP contribution is 2.32. The van der Waals surface area contributed by atoms with E-state index in [1.165, 1.54) is 18.4 Å². The summed E-state index contributed by atoms with van der Waals surface area (Å²) >= 11 is 3.45. The Bertz CT molecular complexity index is 376. The molecule has 0 aliphatic heterocycles. The van der Waals surface area contributed by atoms with Gasteiger partial charge in [-0.25, -0.2) is 0 Å². The lowest BCUT2D eigenvalue weighted by Crippen LogP contribution is -2.31. The van der Waals surface area contributed by atoms with Crippen LogP contribution in [0.1, 0.15) is 25.3 Å². The van der Waals surface area contributed by atoms with E-state index in [2.05, 4.69) is 41.2 Å². The third-order valence-electron chi connectivity index (χ3n) is 3.29. The molecule has 94 valence electrons. The lowest BCUT2D eigenvalue weighted by molar-refractivity contribution is 0.301. The zero-order valence-electron chi connectivity index (χ0n) is 10.5. The molecule has 2 rings (SSSR count). The molecule has 0 spiro atoms. The Kier molecular flexibility index (Phi) is 4.46. The van der Waals surface area contributed by atoms with Gasteiger partial charge in [0.2, 0.25) is 0 Å². The van der Waals surface area contributed by atoms with Crippen molar-refractivity contribution in [3.05, 3.63) is 28.2 Å². The molecule has 0 heterocycles. The van der Waals surface area contributed by atoms with Crippen LogP contribution in [0.4, 0.5) is 0 Å². The lowest BCUT2D eigenvalue weighted by atomic mass is 10.2. The summed E-state index contributed by atoms with van der Waals surface area (Å²) in [5.41, 5.74) is 1.18. The molecule has 1 atom stereocenters. The summed E-state index contributed by atoms with van der Waals surface area (Å²) in [6, 6.07) is 6.76. The van der Waals surface area contributed by atoms with E-state index in [4.69, 9.17) is 4.74 Å². The van der Waals surface area contributed by atoms with Crippen molar-refractivity contribution in [2.75, 3.05) is 13.2 Å². The Labute approximate surface area is 112 Å². The molecule has 1 aliphatic carbocycles. The zero-order chi connectivity index (χ0) is 12.3. The van der Waals surface area contributed by atoms with Crippen LogP contribution in [0.3, 0.4) is 0 Å². The summed E-state index contributed by atoms with van der Waals surface area (Å²) in [5.74, 6) is 1.89. The van der Waals surface area contributed by atoms with Crippen LogP contribution in [-0.2, 0) is 0 Å². The highest BCUT2D eigenvalue weighted by Gasteiger charge is 2.27. The first-order valence-corrected chi connectivity index (χ1v) is 7.08. The predicted octanol–water partition coefficient (Wildman–Crippen LogP) is 3.52. The molecule has 1 aromatic carbocycles. The summed E-state index contributed by atoms with van der Waals surface area (Å²) in [6.45, 7) is 6.00. The van der Waals surface area contributed by atoms with Gasteiger partial charge < -0.3 is 10.1 Å². The van der Waals surface area contributed by atoms with Gasteiger partial charge in [0.05, 0.1) is 0 Å². The second-order valence-electron chi connectivity index (χ2n) is 4.84. The minimum atomic E-state index is 0.643. The zero-order valence-corrected chi connectivity index (χ0v) is 12.1. The van der Waals surface area contributed by atoms with Crippen LogP contribution in [0.15, 0.2) is 22.7 Å². The largest absolute Gasteiger partial charge is 0.492 e. The Morgan fingerprint density at radius 1 is 1.47 bits per heavy atom. The number of nitrogens with one attached hydrogen (secondary N) is 1. The van der Waals surface area contributed by atoms with Crippen molar-refractivity contribution in [3.8, 4) is 5.75 Å². The first-order chi connectivity index (χ1) is 8.16. The van der Waals surface area contributed by atoms with Gasteiger partial charge >= 0.3 is 0 Å². The topological polar surface area (TPSA) is 21.3 Å². The summed E-state index contributed by atoms with van der Waals surface area (Å²) in [6.07, 6.45) is 2.78. The molecule has 3 heteroatoms. The van der Waals surface area contributed by atoms with Crippen molar-refractivity contribution < 1.29 is 4.74 Å². The minimum Gasteiger partial charge on any atom is -0.492 e. The summed E-state index contributed by atoms with van der Waals surface area (Å²) in [5, 5.41) is 3.51. The SMILES string of the molecule is Cc1cc(Br)ccc1OCCNC(C)C1CC1. The Balaban J connectivity index is 1.70. The third-order valence-corrected chi connectivity index (χ3v) is 3.79. The van der Waals surface area contributed by atoms with Crippen LogP contribution in [0, 0.1) is 12.8 Å². The maximum absolute atomic E-state index is 5.76. The minimum absolute atomic E-state index is 0.643. The first kappa shape index (κ1) is 12.9. The van der Waals surface area contributed by atoms with Crippen LogP contribution in [0.2, 0.25) is 0 Å². The summed E-state index contributed by atoms with van der Waals surface area (Å²) in [4.78, 5) is 0. The maximum atomic E-state index is 5.76. The average Bonchev–Trinajstić information content (AvgIpc) is 3.10. The van der Waals surface area contributed by atoms with Crippen molar-refractivity contribution >= 4 is 15.9 Å². The number of rotatable bonds is 6. The van der Waals surface area contributed by atoms with Crippen molar-refractivity contribution in [1.82, 2.24) is 5.32 Å². The van der Waals surface area contributed by atoms with Gasteiger partial charge in [0.15, 0.2) is 0 Å². The smallest absolute Gasteiger partial charge is 0.122 e. The van der Waals surface area contributed by atoms with Gasteiger partial charge in [-0.3, -0.25) is 0 Å². The summed E-state index contributed by atoms with van der Waals surface area (Å²) in [7, 11) is 0. The molecule has 2 nitrogen and oxygen atoms in total. The third kappa shape index (κ3) is 4.00. The number of hydrogen-bond acceptors (Lipinski definition) is 2. The summed E-state index contributed by atoms with van der Waals surface area (Å²) < 4.78 is 6.86. The van der Waals surface area contributed by atoms with Crippen LogP contribution in [0.5, 0.6) is 5.75 Å². The fourth-order valence-electron chi connectivity index (χ4n) is 1.99. The lowest BCUT2D eigenvalue weighted by Gasteiger charge is -2.14. The van der Waals surface area contributed by atoms with Crippen LogP contribution >= 0.6 is 15.9 Å². The maximum Gasteiger partial charge on any atom is 0.122 e. The molecule has 1 unspecified atom stereocenters. The van der Waals surface area contributed by atoms with Crippen molar-refractivity contribution in [2.24, 2.45) is 5.92 Å². The van der Waals surface area contributed by atoms with E-state index in [0.717, 1.165) is 29.3 Å². The molecule has 1 saturated carbocycles. The van der Waals surface area contributed by atoms with Crippen molar-refractivity contribution in [1.29, 1.82) is 0 Å². The van der Waals surface area contributed by atoms with Gasteiger partial charge in [0, 0.05) is 17.1 Å². The van der Waals surface area contributed by atoms with Gasteiger partial charge in [0.25, 0.3) is 0 Å². The van der Waals surface area contributed by atoms with E-state index in [1.807, 2.05) is 12.1 Å². The second-order valence-corrected chi connectivity index (χ2v) is 5.75. The Morgan fingerprint density at radius 3 is 2.88 bits per heavy atom. The van der Waals surface area contributed by atoms with Gasteiger partial charge in [-0.15, -0.1) is 0 Å². The monoisotopic (exact) mass is 297 g/mol. The van der Waals surface area contributed by atoms with Crippen LogP contribution in [-0.4, -0.2) is 19.2 Å². The molecule has 0 bridgehead atoms. The van der Waals surface area contributed by atoms with Gasteiger partial charge in [0.1, 0.15) is 12.4 Å². The van der Waals surface area contributed by atoms with Crippen LogP contribution < -0.4 is 10.1 Å². The molecule has 1 fully saturated rings. The van der Waals surface area contributed by atoms with Gasteiger partial charge in [-0.1, -0.05) is 15.9 Å². The van der Waals surface area contributed by atoms with E-state index in [0.29, 0.717) is 6.04 Å². The number of halogens is 1. The molecule has 17 heavy (non-hydrogen) atoms. The van der Waals surface area contributed by atoms with E-state index >= 15 is 0 Å². The number of hydrogen-bond donors (Lipinski definition) is 1. The first-order valence-electron chi connectivity index (χ1n) is 6.29. The molecule has 1 aliphatic rings. The van der Waals surface area contributed by atoms with Crippen LogP contribution in [0.25, 0.3) is 0 Å². The predicted molar refractivity (Wildman–Crippen MR) is 74.6 cm³/mol. The molecular weight excluding hydrogens is 278 g/mol. The van der Waals surface area contributed by atoms with E-state index in [9.17, 15) is 0 Å². The fraction of sp³-hybridized carbons (Fsp3) is 0.571. The number of ether oxygens (including phenoxy) is 1. The molecule has 1 N–H and O–H groups in total. The van der Waals surface area contributed by atoms with E-state index in [1.54, 1.807) is 0 Å². The second kappa shape index (κ2) is 5.87. The highest BCUT2D eigenvalue weighted by atomic mass is 79.9. The van der Waals surface area contributed by atoms with Crippen molar-refractivity contribution in [2.45, 2.75) is 32.7 Å². The number of benzene rings is 1. The van der Waals surface area contributed by atoms with Gasteiger partial charge in [-0.05, 0) is 56.4 Å². The quantitative estimate of drug-likeness (QED) is 0.811. The van der Waals surface area contributed by atoms with Gasteiger partial charge in [-0.2, -0.15) is 0 Å². The normalized spacial score (nSPS) is 16.9. The average molecular weight is 298 g/mol. The van der Waals surface area contributed by atoms with Crippen molar-refractivity contribution in [3.63, 3.8) is 0 Å². The standard InChI is InChI=1S/C14H20BrNO/c1-10-9-13(15)5-6-14(10)17-8-7-16-11(2)12-3-4-12/h5-6,9,11-12,16H,3-4,7-8H2,1-2H3. The fourth-order valence-corrected chi connectivity index (χ4v) is 2.46. The molecule has 0 saturated heterocycles. The Hall–Kier alpha value is -0.540.